The van der Waals surface area contributed by atoms with Gasteiger partial charge in [0.05, 0.1) is 23.3 Å². The van der Waals surface area contributed by atoms with Gasteiger partial charge in [-0.3, -0.25) is 14.2 Å². The van der Waals surface area contributed by atoms with Crippen LogP contribution >= 0.6 is 34.5 Å². The fraction of sp³-hybridized carbons (Fsp3) is 0.200. The largest absolute Gasteiger partial charge is 0.468 e. The third kappa shape index (κ3) is 3.88. The predicted molar refractivity (Wildman–Crippen MR) is 79.4 cm³/mol. The normalized spacial score (nSPS) is 11.4. The molecule has 0 bridgehead atoms. The number of ether oxygens (including phenoxy) is 1. The highest BCUT2D eigenvalue weighted by Crippen LogP contribution is 2.34. The van der Waals surface area contributed by atoms with Gasteiger partial charge >= 0.3 is 5.97 Å². The van der Waals surface area contributed by atoms with E-state index in [0.717, 1.165) is 11.3 Å². The number of methoxy groups -OCH3 is 1. The molecule has 11 heteroatoms. The lowest BCUT2D eigenvalue weighted by Crippen LogP contribution is -2.13. The van der Waals surface area contributed by atoms with Crippen molar-refractivity contribution in [1.29, 1.82) is 0 Å². The molecule has 0 saturated heterocycles. The van der Waals surface area contributed by atoms with Gasteiger partial charge in [-0.05, 0) is 6.07 Å². The molecule has 0 saturated carbocycles. The SMILES string of the molecule is COC(=O)Cn1cc(NS(=O)(=O)c2cc(Cl)sc2Cl)cn1. The number of halogens is 2. The first-order valence-electron chi connectivity index (χ1n) is 5.39. The highest BCUT2D eigenvalue weighted by atomic mass is 35.5. The number of nitrogens with one attached hydrogen (secondary N) is 1. The third-order valence-electron chi connectivity index (χ3n) is 2.32. The standard InChI is InChI=1S/C10H9Cl2N3O4S2/c1-19-9(16)5-15-4-6(3-13-15)14-21(17,18)7-2-8(11)20-10(7)12/h2-4,14H,5H2,1H3. The van der Waals surface area contributed by atoms with Crippen molar-refractivity contribution in [1.82, 2.24) is 9.78 Å². The molecule has 0 unspecified atom stereocenters. The fourth-order valence-corrected chi connectivity index (χ4v) is 4.60. The van der Waals surface area contributed by atoms with Gasteiger partial charge in [0.25, 0.3) is 10.0 Å². The van der Waals surface area contributed by atoms with Crippen molar-refractivity contribution in [2.24, 2.45) is 0 Å². The molecule has 0 aliphatic heterocycles. The molecule has 1 N–H and O–H groups in total. The molecule has 2 heterocycles. The number of anilines is 1. The Bertz CT molecular complexity index is 769. The maximum atomic E-state index is 12.1. The second-order valence-electron chi connectivity index (χ2n) is 3.80. The van der Waals surface area contributed by atoms with Gasteiger partial charge in [0.1, 0.15) is 15.8 Å². The number of hydrogen-bond donors (Lipinski definition) is 1. The van der Waals surface area contributed by atoms with E-state index in [1.807, 2.05) is 0 Å². The maximum Gasteiger partial charge on any atom is 0.327 e. The lowest BCUT2D eigenvalue weighted by Gasteiger charge is -2.04. The first kappa shape index (κ1) is 16.1. The van der Waals surface area contributed by atoms with Crippen LogP contribution in [0.3, 0.4) is 0 Å². The Morgan fingerprint density at radius 3 is 2.81 bits per heavy atom. The summed E-state index contributed by atoms with van der Waals surface area (Å²) in [6.07, 6.45) is 2.62. The van der Waals surface area contributed by atoms with Crippen molar-refractivity contribution in [3.8, 4) is 0 Å². The van der Waals surface area contributed by atoms with Crippen molar-refractivity contribution in [2.75, 3.05) is 11.8 Å². The zero-order chi connectivity index (χ0) is 15.6. The monoisotopic (exact) mass is 369 g/mol. The van der Waals surface area contributed by atoms with E-state index in [0.29, 0.717) is 0 Å². The minimum Gasteiger partial charge on any atom is -0.468 e. The Morgan fingerprint density at radius 1 is 1.52 bits per heavy atom. The van der Waals surface area contributed by atoms with Crippen LogP contribution in [0.25, 0.3) is 0 Å². The molecule has 114 valence electrons. The highest BCUT2D eigenvalue weighted by molar-refractivity contribution is 7.93. The molecule has 0 aromatic carbocycles. The van der Waals surface area contributed by atoms with Crippen LogP contribution < -0.4 is 4.72 Å². The number of thiophene rings is 1. The van der Waals surface area contributed by atoms with Crippen molar-refractivity contribution in [3.63, 3.8) is 0 Å². The molecule has 21 heavy (non-hydrogen) atoms. The lowest BCUT2D eigenvalue weighted by atomic mass is 10.6. The minimum absolute atomic E-state index is 0.0643. The van der Waals surface area contributed by atoms with E-state index in [4.69, 9.17) is 23.2 Å². The van der Waals surface area contributed by atoms with Crippen LogP contribution in [0, 0.1) is 0 Å². The summed E-state index contributed by atoms with van der Waals surface area (Å²) in [4.78, 5) is 11.0. The summed E-state index contributed by atoms with van der Waals surface area (Å²) in [5.74, 6) is -0.500. The summed E-state index contributed by atoms with van der Waals surface area (Å²) in [7, 11) is -2.62. The predicted octanol–water partition coefficient (Wildman–Crippen LogP) is 2.23. The Hall–Kier alpha value is -1.29. The molecule has 0 aliphatic carbocycles. The van der Waals surface area contributed by atoms with E-state index >= 15 is 0 Å². The number of aromatic nitrogens is 2. The summed E-state index contributed by atoms with van der Waals surface area (Å²) in [6.45, 7) is -0.122. The second kappa shape index (κ2) is 6.22. The van der Waals surface area contributed by atoms with Crippen LogP contribution in [0.1, 0.15) is 0 Å². The number of sulfonamides is 1. The number of carbonyl (C=O) groups excluding carboxylic acids is 1. The van der Waals surface area contributed by atoms with Crippen LogP contribution in [0.2, 0.25) is 8.67 Å². The molecule has 0 amide bonds. The molecule has 0 aliphatic rings. The number of esters is 1. The smallest absolute Gasteiger partial charge is 0.327 e. The molecule has 0 radical (unpaired) electrons. The first-order valence-corrected chi connectivity index (χ1v) is 8.44. The molecular weight excluding hydrogens is 361 g/mol. The van der Waals surface area contributed by atoms with E-state index in [-0.39, 0.29) is 25.8 Å². The summed E-state index contributed by atoms with van der Waals surface area (Å²) in [5.41, 5.74) is 0.192. The van der Waals surface area contributed by atoms with E-state index in [1.54, 1.807) is 0 Å². The maximum absolute atomic E-state index is 12.1. The quantitative estimate of drug-likeness (QED) is 0.816. The van der Waals surface area contributed by atoms with Gasteiger partial charge in [-0.25, -0.2) is 8.42 Å². The fourth-order valence-electron chi connectivity index (χ4n) is 1.42. The van der Waals surface area contributed by atoms with Gasteiger partial charge in [-0.2, -0.15) is 5.10 Å². The van der Waals surface area contributed by atoms with Crippen LogP contribution in [0.15, 0.2) is 23.4 Å². The van der Waals surface area contributed by atoms with Crippen LogP contribution in [0.4, 0.5) is 5.69 Å². The number of hydrogen-bond acceptors (Lipinski definition) is 6. The van der Waals surface area contributed by atoms with Crippen LogP contribution in [-0.4, -0.2) is 31.3 Å². The minimum atomic E-state index is -3.87. The summed E-state index contributed by atoms with van der Waals surface area (Å²) >= 11 is 12.5. The summed E-state index contributed by atoms with van der Waals surface area (Å²) in [6, 6.07) is 1.26. The Kier molecular flexibility index (Phi) is 4.77. The van der Waals surface area contributed by atoms with Gasteiger partial charge in [-0.15, -0.1) is 11.3 Å². The molecule has 0 fully saturated rings. The van der Waals surface area contributed by atoms with Crippen molar-refractivity contribution >= 4 is 56.2 Å². The molecule has 0 spiro atoms. The lowest BCUT2D eigenvalue weighted by molar-refractivity contribution is -0.141. The molecule has 2 rings (SSSR count). The average molecular weight is 370 g/mol. The van der Waals surface area contributed by atoms with E-state index in [9.17, 15) is 13.2 Å². The van der Waals surface area contributed by atoms with Crippen LogP contribution in [-0.2, 0) is 26.1 Å². The molecular formula is C10H9Cl2N3O4S2. The Labute approximate surface area is 134 Å². The van der Waals surface area contributed by atoms with Gasteiger partial charge in [0.2, 0.25) is 0 Å². The summed E-state index contributed by atoms with van der Waals surface area (Å²) < 4.78 is 32.6. The average Bonchev–Trinajstić information content (AvgIpc) is 2.95. The zero-order valence-electron chi connectivity index (χ0n) is 10.5. The Balaban J connectivity index is 2.18. The topological polar surface area (TPSA) is 90.3 Å². The van der Waals surface area contributed by atoms with Crippen molar-refractivity contribution in [3.05, 3.63) is 27.1 Å². The first-order chi connectivity index (χ1) is 9.81. The molecule has 2 aromatic rings. The van der Waals surface area contributed by atoms with Gasteiger partial charge < -0.3 is 4.74 Å². The van der Waals surface area contributed by atoms with Crippen molar-refractivity contribution in [2.45, 2.75) is 11.4 Å². The van der Waals surface area contributed by atoms with Gasteiger partial charge in [0.15, 0.2) is 0 Å². The van der Waals surface area contributed by atoms with E-state index < -0.39 is 16.0 Å². The molecule has 2 aromatic heterocycles. The van der Waals surface area contributed by atoms with E-state index in [2.05, 4.69) is 14.6 Å². The number of carbonyl (C=O) groups is 1. The second-order valence-corrected chi connectivity index (χ2v) is 7.73. The number of nitrogens with zero attached hydrogens (tertiary/aromatic N) is 2. The third-order valence-corrected chi connectivity index (χ3v) is 5.45. The highest BCUT2D eigenvalue weighted by Gasteiger charge is 2.21. The molecule has 0 atom stereocenters. The van der Waals surface area contributed by atoms with Gasteiger partial charge in [-0.1, -0.05) is 23.2 Å². The van der Waals surface area contributed by atoms with Gasteiger partial charge in [0, 0.05) is 6.20 Å². The molecule has 7 nitrogen and oxygen atoms in total. The number of rotatable bonds is 5. The Morgan fingerprint density at radius 2 is 2.24 bits per heavy atom. The zero-order valence-corrected chi connectivity index (χ0v) is 13.7. The van der Waals surface area contributed by atoms with Crippen molar-refractivity contribution < 1.29 is 17.9 Å². The summed E-state index contributed by atoms with van der Waals surface area (Å²) in [5, 5.41) is 3.84. The van der Waals surface area contributed by atoms with E-state index in [1.165, 1.54) is 30.3 Å². The van der Waals surface area contributed by atoms with Crippen LogP contribution in [0.5, 0.6) is 0 Å².